The Morgan fingerprint density at radius 3 is 2.45 bits per heavy atom. The van der Waals surface area contributed by atoms with Crippen LogP contribution >= 0.6 is 0 Å². The number of nitrogens with zero attached hydrogens (tertiary/aromatic N) is 3. The SMILES string of the molecule is Cn1nc(-c2ccc(N3CCOCC3)c(NS(C)(=O)=O)c2)c2ccccc2c1=O. The number of rotatable bonds is 4. The summed E-state index contributed by atoms with van der Waals surface area (Å²) < 4.78 is 33.3. The van der Waals surface area contributed by atoms with Crippen molar-refractivity contribution in [3.05, 3.63) is 52.8 Å². The Bertz CT molecular complexity index is 1230. The zero-order valence-corrected chi connectivity index (χ0v) is 17.1. The number of hydrogen-bond acceptors (Lipinski definition) is 6. The van der Waals surface area contributed by atoms with E-state index in [1.54, 1.807) is 19.2 Å². The molecular weight excluding hydrogens is 392 g/mol. The Morgan fingerprint density at radius 2 is 1.76 bits per heavy atom. The third-order valence-electron chi connectivity index (χ3n) is 4.87. The topological polar surface area (TPSA) is 93.5 Å². The largest absolute Gasteiger partial charge is 0.378 e. The molecule has 0 unspecified atom stereocenters. The van der Waals surface area contributed by atoms with Crippen molar-refractivity contribution in [3.8, 4) is 11.3 Å². The molecule has 0 amide bonds. The average Bonchev–Trinajstić information content (AvgIpc) is 2.70. The average molecular weight is 414 g/mol. The molecular formula is C20H22N4O4S. The second-order valence-electron chi connectivity index (χ2n) is 7.03. The number of ether oxygens (including phenoxy) is 1. The van der Waals surface area contributed by atoms with Gasteiger partial charge in [-0.05, 0) is 18.2 Å². The van der Waals surface area contributed by atoms with E-state index in [1.807, 2.05) is 30.3 Å². The first-order chi connectivity index (χ1) is 13.8. The zero-order valence-electron chi connectivity index (χ0n) is 16.3. The lowest BCUT2D eigenvalue weighted by Gasteiger charge is -2.30. The van der Waals surface area contributed by atoms with Gasteiger partial charge in [0, 0.05) is 31.1 Å². The maximum Gasteiger partial charge on any atom is 0.274 e. The van der Waals surface area contributed by atoms with Crippen LogP contribution in [0.25, 0.3) is 22.0 Å². The summed E-state index contributed by atoms with van der Waals surface area (Å²) in [5.74, 6) is 0. The fraction of sp³-hybridized carbons (Fsp3) is 0.300. The summed E-state index contributed by atoms with van der Waals surface area (Å²) in [5.41, 5.74) is 2.43. The van der Waals surface area contributed by atoms with Crippen molar-refractivity contribution < 1.29 is 13.2 Å². The van der Waals surface area contributed by atoms with Crippen LogP contribution in [0.3, 0.4) is 0 Å². The Hall–Kier alpha value is -2.91. The van der Waals surface area contributed by atoms with Crippen LogP contribution in [0.1, 0.15) is 0 Å². The smallest absolute Gasteiger partial charge is 0.274 e. The highest BCUT2D eigenvalue weighted by Crippen LogP contribution is 2.34. The number of anilines is 2. The third kappa shape index (κ3) is 3.96. The van der Waals surface area contributed by atoms with Crippen LogP contribution in [0.2, 0.25) is 0 Å². The van der Waals surface area contributed by atoms with Gasteiger partial charge >= 0.3 is 0 Å². The van der Waals surface area contributed by atoms with E-state index in [0.717, 1.165) is 22.9 Å². The number of nitrogens with one attached hydrogen (secondary N) is 1. The Morgan fingerprint density at radius 1 is 1.07 bits per heavy atom. The van der Waals surface area contributed by atoms with Gasteiger partial charge in [0.1, 0.15) is 0 Å². The van der Waals surface area contributed by atoms with Crippen LogP contribution in [-0.4, -0.2) is 50.8 Å². The molecule has 1 N–H and O–H groups in total. The molecule has 1 aliphatic rings. The zero-order chi connectivity index (χ0) is 20.6. The van der Waals surface area contributed by atoms with Gasteiger partial charge in [0.25, 0.3) is 5.56 Å². The van der Waals surface area contributed by atoms with E-state index in [-0.39, 0.29) is 5.56 Å². The molecule has 3 aromatic rings. The van der Waals surface area contributed by atoms with Crippen molar-refractivity contribution in [3.63, 3.8) is 0 Å². The first kappa shape index (κ1) is 19.4. The van der Waals surface area contributed by atoms with E-state index in [9.17, 15) is 13.2 Å². The van der Waals surface area contributed by atoms with Gasteiger partial charge in [-0.2, -0.15) is 5.10 Å². The van der Waals surface area contributed by atoms with Crippen molar-refractivity contribution in [1.29, 1.82) is 0 Å². The molecule has 2 aromatic carbocycles. The van der Waals surface area contributed by atoms with Gasteiger partial charge in [0.05, 0.1) is 41.9 Å². The fourth-order valence-electron chi connectivity index (χ4n) is 3.56. The molecule has 29 heavy (non-hydrogen) atoms. The molecule has 0 bridgehead atoms. The van der Waals surface area contributed by atoms with E-state index in [1.165, 1.54) is 4.68 Å². The lowest BCUT2D eigenvalue weighted by Crippen LogP contribution is -2.36. The van der Waals surface area contributed by atoms with Gasteiger partial charge in [-0.25, -0.2) is 13.1 Å². The van der Waals surface area contributed by atoms with Crippen molar-refractivity contribution in [1.82, 2.24) is 9.78 Å². The minimum absolute atomic E-state index is 0.177. The summed E-state index contributed by atoms with van der Waals surface area (Å²) in [7, 11) is -1.87. The van der Waals surface area contributed by atoms with Gasteiger partial charge in [0.2, 0.25) is 10.0 Å². The molecule has 4 rings (SSSR count). The summed E-state index contributed by atoms with van der Waals surface area (Å²) >= 11 is 0. The first-order valence-corrected chi connectivity index (χ1v) is 11.1. The number of sulfonamides is 1. The van der Waals surface area contributed by atoms with Gasteiger partial charge in [-0.3, -0.25) is 9.52 Å². The first-order valence-electron chi connectivity index (χ1n) is 9.24. The maximum atomic E-state index is 12.4. The van der Waals surface area contributed by atoms with Gasteiger partial charge < -0.3 is 9.64 Å². The second-order valence-corrected chi connectivity index (χ2v) is 8.78. The summed E-state index contributed by atoms with van der Waals surface area (Å²) in [4.78, 5) is 14.5. The third-order valence-corrected chi connectivity index (χ3v) is 5.46. The molecule has 0 radical (unpaired) electrons. The predicted octanol–water partition coefficient (Wildman–Crippen LogP) is 1.81. The predicted molar refractivity (Wildman–Crippen MR) is 114 cm³/mol. The molecule has 1 saturated heterocycles. The van der Waals surface area contributed by atoms with Crippen molar-refractivity contribution >= 4 is 32.2 Å². The van der Waals surface area contributed by atoms with Crippen LogP contribution in [0.15, 0.2) is 47.3 Å². The minimum atomic E-state index is -3.48. The molecule has 1 aliphatic heterocycles. The van der Waals surface area contributed by atoms with Gasteiger partial charge in [-0.1, -0.05) is 24.3 Å². The quantitative estimate of drug-likeness (QED) is 0.700. The minimum Gasteiger partial charge on any atom is -0.378 e. The molecule has 152 valence electrons. The van der Waals surface area contributed by atoms with Gasteiger partial charge in [-0.15, -0.1) is 0 Å². The number of morpholine rings is 1. The summed E-state index contributed by atoms with van der Waals surface area (Å²) in [5, 5.41) is 5.73. The fourth-order valence-corrected chi connectivity index (χ4v) is 4.12. The maximum absolute atomic E-state index is 12.4. The molecule has 9 heteroatoms. The van der Waals surface area contributed by atoms with Crippen LogP contribution in [0.4, 0.5) is 11.4 Å². The number of hydrogen-bond donors (Lipinski definition) is 1. The summed E-state index contributed by atoms with van der Waals surface area (Å²) in [6.45, 7) is 2.54. The van der Waals surface area contributed by atoms with Crippen LogP contribution < -0.4 is 15.2 Å². The van der Waals surface area contributed by atoms with E-state index in [2.05, 4.69) is 14.7 Å². The van der Waals surface area contributed by atoms with Gasteiger partial charge in [0.15, 0.2) is 0 Å². The van der Waals surface area contributed by atoms with Crippen molar-refractivity contribution in [2.24, 2.45) is 7.05 Å². The monoisotopic (exact) mass is 414 g/mol. The standard InChI is InChI=1S/C20H22N4O4S/c1-23-20(25)16-6-4-3-5-15(16)19(21-23)14-7-8-18(24-9-11-28-12-10-24)17(13-14)22-29(2,26)27/h3-8,13,22H,9-12H2,1-2H3. The number of fused-ring (bicyclic) bond motifs is 1. The number of benzene rings is 2. The Labute approximate surface area is 168 Å². The Balaban J connectivity index is 1.89. The van der Waals surface area contributed by atoms with Crippen molar-refractivity contribution in [2.75, 3.05) is 42.2 Å². The highest BCUT2D eigenvalue weighted by atomic mass is 32.2. The second kappa shape index (κ2) is 7.49. The highest BCUT2D eigenvalue weighted by Gasteiger charge is 2.19. The Kier molecular flexibility index (Phi) is 5.01. The lowest BCUT2D eigenvalue weighted by molar-refractivity contribution is 0.123. The summed E-state index contributed by atoms with van der Waals surface area (Å²) in [6, 6.07) is 12.8. The molecule has 2 heterocycles. The van der Waals surface area contributed by atoms with Crippen LogP contribution in [0, 0.1) is 0 Å². The molecule has 1 aromatic heterocycles. The van der Waals surface area contributed by atoms with Crippen LogP contribution in [-0.2, 0) is 21.8 Å². The van der Waals surface area contributed by atoms with Crippen LogP contribution in [0.5, 0.6) is 0 Å². The molecule has 8 nitrogen and oxygen atoms in total. The molecule has 0 aliphatic carbocycles. The molecule has 0 atom stereocenters. The number of aromatic nitrogens is 2. The van der Waals surface area contributed by atoms with E-state index < -0.39 is 10.0 Å². The molecule has 1 fully saturated rings. The normalized spacial score (nSPS) is 14.9. The highest BCUT2D eigenvalue weighted by molar-refractivity contribution is 7.92. The van der Waals surface area contributed by atoms with Crippen molar-refractivity contribution in [2.45, 2.75) is 0 Å². The van der Waals surface area contributed by atoms with E-state index >= 15 is 0 Å². The lowest BCUT2D eigenvalue weighted by atomic mass is 10.0. The molecule has 0 saturated carbocycles. The van der Waals surface area contributed by atoms with E-state index in [4.69, 9.17) is 4.74 Å². The van der Waals surface area contributed by atoms with E-state index in [0.29, 0.717) is 43.1 Å². The number of aryl methyl sites for hydroxylation is 1. The molecule has 0 spiro atoms. The summed E-state index contributed by atoms with van der Waals surface area (Å²) in [6.07, 6.45) is 1.13.